The van der Waals surface area contributed by atoms with Gasteiger partial charge in [-0.2, -0.15) is 0 Å². The molecule has 1 aromatic rings. The van der Waals surface area contributed by atoms with Crippen molar-refractivity contribution in [3.8, 4) is 0 Å². The third-order valence-electron chi connectivity index (χ3n) is 2.64. The van der Waals surface area contributed by atoms with E-state index < -0.39 is 12.1 Å². The van der Waals surface area contributed by atoms with Gasteiger partial charge in [0.2, 0.25) is 0 Å². The molecule has 6 heteroatoms. The second-order valence-electron chi connectivity index (χ2n) is 4.00. The van der Waals surface area contributed by atoms with Crippen molar-refractivity contribution >= 4 is 11.6 Å². The van der Waals surface area contributed by atoms with Gasteiger partial charge in [-0.3, -0.25) is 11.3 Å². The van der Waals surface area contributed by atoms with Crippen LogP contribution < -0.4 is 11.3 Å². The molecule has 0 bridgehead atoms. The maximum Gasteiger partial charge on any atom is 0.174 e. The van der Waals surface area contributed by atoms with E-state index in [2.05, 4.69) is 5.43 Å². The standard InChI is InChI=1S/C13H20ClFN2O2/c1-3-18-13(19-4-2)12(17-16)8-9-5-6-10(14)11(15)7-9/h5-7,12-13,17H,3-4,8,16H2,1-2H3. The molecule has 0 radical (unpaired) electrons. The third-order valence-corrected chi connectivity index (χ3v) is 2.95. The molecule has 0 aromatic heterocycles. The molecule has 1 rings (SSSR count). The molecule has 1 aromatic carbocycles. The van der Waals surface area contributed by atoms with Crippen LogP contribution in [-0.4, -0.2) is 25.5 Å². The molecular weight excluding hydrogens is 271 g/mol. The number of nitrogens with two attached hydrogens (primary N) is 1. The SMILES string of the molecule is CCOC(OCC)C(Cc1ccc(Cl)c(F)c1)NN. The lowest BCUT2D eigenvalue weighted by atomic mass is 10.1. The van der Waals surface area contributed by atoms with Crippen molar-refractivity contribution in [3.63, 3.8) is 0 Å². The summed E-state index contributed by atoms with van der Waals surface area (Å²) in [5, 5.41) is 0.104. The predicted octanol–water partition coefficient (Wildman–Crippen LogP) is 2.25. The van der Waals surface area contributed by atoms with Crippen LogP contribution in [0.25, 0.3) is 0 Å². The summed E-state index contributed by atoms with van der Waals surface area (Å²) in [6.45, 7) is 4.78. The van der Waals surface area contributed by atoms with E-state index in [0.717, 1.165) is 5.56 Å². The second-order valence-corrected chi connectivity index (χ2v) is 4.41. The number of benzene rings is 1. The van der Waals surface area contributed by atoms with E-state index in [9.17, 15) is 4.39 Å². The van der Waals surface area contributed by atoms with Crippen molar-refractivity contribution in [2.45, 2.75) is 32.6 Å². The minimum absolute atomic E-state index is 0.104. The molecule has 0 aliphatic rings. The summed E-state index contributed by atoms with van der Waals surface area (Å²) in [6, 6.07) is 4.41. The Bertz CT molecular complexity index is 387. The maximum absolute atomic E-state index is 13.4. The first-order chi connectivity index (χ1) is 9.12. The third kappa shape index (κ3) is 5.04. The van der Waals surface area contributed by atoms with Crippen LogP contribution in [-0.2, 0) is 15.9 Å². The first kappa shape index (κ1) is 16.3. The first-order valence-corrected chi connectivity index (χ1v) is 6.63. The van der Waals surface area contributed by atoms with Gasteiger partial charge in [0.05, 0.1) is 11.1 Å². The Morgan fingerprint density at radius 3 is 2.42 bits per heavy atom. The van der Waals surface area contributed by atoms with Crippen molar-refractivity contribution in [3.05, 3.63) is 34.6 Å². The van der Waals surface area contributed by atoms with E-state index in [-0.39, 0.29) is 11.1 Å². The van der Waals surface area contributed by atoms with Gasteiger partial charge in [-0.15, -0.1) is 0 Å². The Labute approximate surface area is 118 Å². The number of rotatable bonds is 8. The molecule has 108 valence electrons. The lowest BCUT2D eigenvalue weighted by Crippen LogP contribution is -2.48. The number of nitrogens with one attached hydrogen (secondary N) is 1. The summed E-state index contributed by atoms with van der Waals surface area (Å²) in [7, 11) is 0. The number of ether oxygens (including phenoxy) is 2. The number of halogens is 2. The van der Waals surface area contributed by atoms with Gasteiger partial charge in [0.1, 0.15) is 5.82 Å². The smallest absolute Gasteiger partial charge is 0.174 e. The van der Waals surface area contributed by atoms with E-state index in [1.807, 2.05) is 13.8 Å². The average Bonchev–Trinajstić information content (AvgIpc) is 2.40. The second kappa shape index (κ2) is 8.45. The van der Waals surface area contributed by atoms with Gasteiger partial charge < -0.3 is 9.47 Å². The Balaban J connectivity index is 2.75. The lowest BCUT2D eigenvalue weighted by Gasteiger charge is -2.26. The van der Waals surface area contributed by atoms with Gasteiger partial charge in [-0.25, -0.2) is 4.39 Å². The number of hydrazine groups is 1. The highest BCUT2D eigenvalue weighted by atomic mass is 35.5. The fraction of sp³-hybridized carbons (Fsp3) is 0.538. The monoisotopic (exact) mass is 290 g/mol. The molecule has 0 heterocycles. The zero-order valence-corrected chi connectivity index (χ0v) is 11.9. The molecule has 0 fully saturated rings. The molecule has 1 unspecified atom stereocenters. The Kier molecular flexibility index (Phi) is 7.27. The van der Waals surface area contributed by atoms with Crippen molar-refractivity contribution < 1.29 is 13.9 Å². The van der Waals surface area contributed by atoms with E-state index in [1.54, 1.807) is 6.07 Å². The fourth-order valence-corrected chi connectivity index (χ4v) is 1.88. The van der Waals surface area contributed by atoms with Gasteiger partial charge in [0.25, 0.3) is 0 Å². The highest BCUT2D eigenvalue weighted by Crippen LogP contribution is 2.17. The molecule has 0 saturated heterocycles. The topological polar surface area (TPSA) is 56.5 Å². The summed E-state index contributed by atoms with van der Waals surface area (Å²) < 4.78 is 24.3. The highest BCUT2D eigenvalue weighted by molar-refractivity contribution is 6.30. The van der Waals surface area contributed by atoms with Crippen molar-refractivity contribution in [1.29, 1.82) is 0 Å². The molecule has 1 atom stereocenters. The van der Waals surface area contributed by atoms with E-state index >= 15 is 0 Å². The van der Waals surface area contributed by atoms with Crippen LogP contribution in [0, 0.1) is 5.82 Å². The summed E-state index contributed by atoms with van der Waals surface area (Å²) in [6.07, 6.45) is 0.00801. The van der Waals surface area contributed by atoms with E-state index in [1.165, 1.54) is 12.1 Å². The maximum atomic E-state index is 13.4. The van der Waals surface area contributed by atoms with Crippen LogP contribution in [0.2, 0.25) is 5.02 Å². The van der Waals surface area contributed by atoms with Gasteiger partial charge >= 0.3 is 0 Å². The number of hydrogen-bond donors (Lipinski definition) is 2. The predicted molar refractivity (Wildman–Crippen MR) is 73.3 cm³/mol. The van der Waals surface area contributed by atoms with Crippen LogP contribution in [0.15, 0.2) is 18.2 Å². The quantitative estimate of drug-likeness (QED) is 0.438. The molecule has 4 nitrogen and oxygen atoms in total. The summed E-state index contributed by atoms with van der Waals surface area (Å²) in [5.74, 6) is 5.08. The van der Waals surface area contributed by atoms with Gasteiger partial charge in [0.15, 0.2) is 6.29 Å². The van der Waals surface area contributed by atoms with Crippen molar-refractivity contribution in [2.24, 2.45) is 5.84 Å². The molecule has 19 heavy (non-hydrogen) atoms. The van der Waals surface area contributed by atoms with Gasteiger partial charge in [-0.1, -0.05) is 17.7 Å². The van der Waals surface area contributed by atoms with Crippen LogP contribution in [0.3, 0.4) is 0 Å². The summed E-state index contributed by atoms with van der Waals surface area (Å²) in [4.78, 5) is 0. The van der Waals surface area contributed by atoms with E-state index in [0.29, 0.717) is 19.6 Å². The lowest BCUT2D eigenvalue weighted by molar-refractivity contribution is -0.153. The zero-order valence-electron chi connectivity index (χ0n) is 11.2. The Morgan fingerprint density at radius 1 is 1.32 bits per heavy atom. The number of hydrogen-bond acceptors (Lipinski definition) is 4. The Hall–Kier alpha value is -0.720. The molecular formula is C13H20ClFN2O2. The average molecular weight is 291 g/mol. The Morgan fingerprint density at radius 2 is 1.95 bits per heavy atom. The van der Waals surface area contributed by atoms with Gasteiger partial charge in [-0.05, 0) is 38.0 Å². The first-order valence-electron chi connectivity index (χ1n) is 6.25. The van der Waals surface area contributed by atoms with Crippen molar-refractivity contribution in [1.82, 2.24) is 5.43 Å². The van der Waals surface area contributed by atoms with Crippen LogP contribution in [0.4, 0.5) is 4.39 Å². The highest BCUT2D eigenvalue weighted by Gasteiger charge is 2.21. The molecule has 0 amide bonds. The largest absolute Gasteiger partial charge is 0.351 e. The van der Waals surface area contributed by atoms with Crippen LogP contribution in [0.5, 0.6) is 0 Å². The summed E-state index contributed by atoms with van der Waals surface area (Å²) in [5.41, 5.74) is 3.42. The summed E-state index contributed by atoms with van der Waals surface area (Å²) >= 11 is 5.65. The molecule has 0 saturated carbocycles. The molecule has 3 N–H and O–H groups in total. The fourth-order valence-electron chi connectivity index (χ4n) is 1.76. The van der Waals surface area contributed by atoms with E-state index in [4.69, 9.17) is 26.9 Å². The molecule has 0 spiro atoms. The molecule has 0 aliphatic carbocycles. The van der Waals surface area contributed by atoms with Crippen LogP contribution in [0.1, 0.15) is 19.4 Å². The minimum atomic E-state index is -0.473. The van der Waals surface area contributed by atoms with Crippen molar-refractivity contribution in [2.75, 3.05) is 13.2 Å². The van der Waals surface area contributed by atoms with Crippen LogP contribution >= 0.6 is 11.6 Å². The zero-order chi connectivity index (χ0) is 14.3. The van der Waals surface area contributed by atoms with Gasteiger partial charge in [0, 0.05) is 13.2 Å². The molecule has 0 aliphatic heterocycles. The minimum Gasteiger partial charge on any atom is -0.351 e. The normalized spacial score (nSPS) is 12.9.